The van der Waals surface area contributed by atoms with Crippen molar-refractivity contribution < 1.29 is 4.42 Å². The number of furan rings is 1. The van der Waals surface area contributed by atoms with Gasteiger partial charge in [0.25, 0.3) is 0 Å². The van der Waals surface area contributed by atoms with E-state index in [1.54, 1.807) is 0 Å². The van der Waals surface area contributed by atoms with Crippen molar-refractivity contribution >= 4 is 21.9 Å². The highest BCUT2D eigenvalue weighted by molar-refractivity contribution is 6.13. The van der Waals surface area contributed by atoms with E-state index in [1.807, 2.05) is 36.4 Å². The zero-order valence-corrected chi connectivity index (χ0v) is 33.5. The summed E-state index contributed by atoms with van der Waals surface area (Å²) in [6.45, 7) is 0. The molecule has 2 heterocycles. The first-order valence-corrected chi connectivity index (χ1v) is 21.1. The van der Waals surface area contributed by atoms with E-state index in [0.717, 1.165) is 55.3 Å². The lowest BCUT2D eigenvalue weighted by Crippen LogP contribution is -2.25. The first kappa shape index (κ1) is 34.6. The van der Waals surface area contributed by atoms with Crippen LogP contribution in [0.25, 0.3) is 101 Å². The summed E-state index contributed by atoms with van der Waals surface area (Å²) in [5, 5.41) is 2.15. The van der Waals surface area contributed by atoms with Gasteiger partial charge in [0.15, 0.2) is 17.5 Å². The predicted octanol–water partition coefficient (Wildman–Crippen LogP) is 14.4. The zero-order chi connectivity index (χ0) is 40.8. The molecular formula is C58H35N3O. The van der Waals surface area contributed by atoms with E-state index in [2.05, 4.69) is 176 Å². The van der Waals surface area contributed by atoms with Crippen LogP contribution >= 0.6 is 0 Å². The lowest BCUT2D eigenvalue weighted by atomic mass is 9.70. The van der Waals surface area contributed by atoms with E-state index < -0.39 is 5.41 Å². The van der Waals surface area contributed by atoms with Crippen LogP contribution in [0.1, 0.15) is 22.3 Å². The van der Waals surface area contributed by atoms with Crippen LogP contribution < -0.4 is 0 Å². The predicted molar refractivity (Wildman–Crippen MR) is 251 cm³/mol. The number of rotatable bonds is 5. The van der Waals surface area contributed by atoms with Gasteiger partial charge in [0.1, 0.15) is 11.2 Å². The molecule has 0 atom stereocenters. The minimum Gasteiger partial charge on any atom is -0.456 e. The maximum Gasteiger partial charge on any atom is 0.164 e. The molecule has 0 saturated heterocycles. The SMILES string of the molecule is c1ccc(-c2nc(-c3cccc(-c4cccc5c4-c4ccccc4C54c5ccccc5-c5ccccc54)c3)nc(-c3ccccc3-c3cccc4oc5ccccc5c34)n2)cc1. The molecule has 2 aromatic heterocycles. The summed E-state index contributed by atoms with van der Waals surface area (Å²) in [5.74, 6) is 1.84. The summed E-state index contributed by atoms with van der Waals surface area (Å²) in [5.41, 5.74) is 18.9. The van der Waals surface area contributed by atoms with E-state index in [4.69, 9.17) is 19.4 Å². The van der Waals surface area contributed by atoms with Crippen LogP contribution in [0, 0.1) is 0 Å². The Kier molecular flexibility index (Phi) is 7.49. The molecule has 9 aromatic carbocycles. The Bertz CT molecular complexity index is 3560. The van der Waals surface area contributed by atoms with E-state index in [-0.39, 0.29) is 0 Å². The van der Waals surface area contributed by atoms with Crippen molar-refractivity contribution in [2.75, 3.05) is 0 Å². The van der Waals surface area contributed by atoms with Crippen LogP contribution in [0.3, 0.4) is 0 Å². The van der Waals surface area contributed by atoms with Crippen LogP contribution in [-0.2, 0) is 5.41 Å². The fourth-order valence-corrected chi connectivity index (χ4v) is 10.5. The Morgan fingerprint density at radius 1 is 0.306 bits per heavy atom. The quantitative estimate of drug-likeness (QED) is 0.174. The maximum absolute atomic E-state index is 6.33. The molecule has 0 amide bonds. The topological polar surface area (TPSA) is 51.8 Å². The average Bonchev–Trinajstić information content (AvgIpc) is 3.99. The van der Waals surface area contributed by atoms with Crippen LogP contribution in [0.4, 0.5) is 0 Å². The molecule has 288 valence electrons. The Hall–Kier alpha value is -8.21. The molecule has 0 bridgehead atoms. The molecule has 0 N–H and O–H groups in total. The average molecular weight is 790 g/mol. The fourth-order valence-electron chi connectivity index (χ4n) is 10.5. The van der Waals surface area contributed by atoms with Gasteiger partial charge < -0.3 is 4.42 Å². The van der Waals surface area contributed by atoms with Gasteiger partial charge in [0.2, 0.25) is 0 Å². The first-order chi connectivity index (χ1) is 30.8. The molecule has 62 heavy (non-hydrogen) atoms. The second-order valence-electron chi connectivity index (χ2n) is 16.2. The summed E-state index contributed by atoms with van der Waals surface area (Å²) >= 11 is 0. The van der Waals surface area contributed by atoms with Gasteiger partial charge in [-0.3, -0.25) is 0 Å². The Morgan fingerprint density at radius 2 is 0.790 bits per heavy atom. The zero-order valence-electron chi connectivity index (χ0n) is 33.5. The highest BCUT2D eigenvalue weighted by Gasteiger charge is 2.51. The minimum atomic E-state index is -0.416. The van der Waals surface area contributed by atoms with Crippen LogP contribution in [0.5, 0.6) is 0 Å². The second-order valence-corrected chi connectivity index (χ2v) is 16.2. The molecule has 4 heteroatoms. The molecule has 0 unspecified atom stereocenters. The third kappa shape index (κ3) is 4.92. The Labute approximate surface area is 358 Å². The highest BCUT2D eigenvalue weighted by Crippen LogP contribution is 2.64. The second kappa shape index (κ2) is 13.4. The lowest BCUT2D eigenvalue weighted by Gasteiger charge is -2.30. The van der Waals surface area contributed by atoms with Gasteiger partial charge in [-0.1, -0.05) is 194 Å². The van der Waals surface area contributed by atoms with Gasteiger partial charge >= 0.3 is 0 Å². The monoisotopic (exact) mass is 789 g/mol. The number of nitrogens with zero attached hydrogens (tertiary/aromatic N) is 3. The Balaban J connectivity index is 1.00. The molecular weight excluding hydrogens is 755 g/mol. The number of fused-ring (bicyclic) bond motifs is 13. The van der Waals surface area contributed by atoms with Gasteiger partial charge in [0.05, 0.1) is 5.41 Å². The number of hydrogen-bond acceptors (Lipinski definition) is 4. The molecule has 0 saturated carbocycles. The summed E-state index contributed by atoms with van der Waals surface area (Å²) < 4.78 is 6.33. The Morgan fingerprint density at radius 3 is 1.56 bits per heavy atom. The number of aromatic nitrogens is 3. The molecule has 2 aliphatic rings. The van der Waals surface area contributed by atoms with E-state index in [9.17, 15) is 0 Å². The van der Waals surface area contributed by atoms with Crippen LogP contribution in [0.15, 0.2) is 217 Å². The molecule has 0 radical (unpaired) electrons. The molecule has 13 rings (SSSR count). The minimum absolute atomic E-state index is 0.416. The van der Waals surface area contributed by atoms with Crippen molar-refractivity contribution in [1.82, 2.24) is 15.0 Å². The van der Waals surface area contributed by atoms with Gasteiger partial charge in [-0.2, -0.15) is 0 Å². The van der Waals surface area contributed by atoms with Gasteiger partial charge in [-0.25, -0.2) is 15.0 Å². The van der Waals surface area contributed by atoms with Gasteiger partial charge in [0, 0.05) is 27.5 Å². The van der Waals surface area contributed by atoms with Crippen molar-refractivity contribution in [3.63, 3.8) is 0 Å². The van der Waals surface area contributed by atoms with Crippen molar-refractivity contribution in [2.24, 2.45) is 0 Å². The van der Waals surface area contributed by atoms with Crippen molar-refractivity contribution in [1.29, 1.82) is 0 Å². The standard InChI is InChI=1S/C58H35N3O/c1-2-17-36(18-3-1)55-59-56(61-57(60-55)44-24-5-4-21-40(44)43-28-16-34-52-54(43)46-26-9-13-33-51(46)62-52)38-20-14-19-37(35-38)39-27-15-32-50-53(39)45-25-8-12-31-49(45)58(50)47-29-10-6-22-41(47)42-23-7-11-30-48(42)58/h1-35H. The third-order valence-electron chi connectivity index (χ3n) is 13.0. The number of benzene rings is 9. The molecule has 11 aromatic rings. The smallest absolute Gasteiger partial charge is 0.164 e. The lowest BCUT2D eigenvalue weighted by molar-refractivity contribution is 0.669. The van der Waals surface area contributed by atoms with Crippen molar-refractivity contribution in [3.8, 4) is 78.7 Å². The largest absolute Gasteiger partial charge is 0.456 e. The van der Waals surface area contributed by atoms with Gasteiger partial charge in [-0.05, 0) is 85.0 Å². The van der Waals surface area contributed by atoms with E-state index >= 15 is 0 Å². The van der Waals surface area contributed by atoms with E-state index in [0.29, 0.717) is 17.5 Å². The third-order valence-corrected chi connectivity index (χ3v) is 13.0. The van der Waals surface area contributed by atoms with Gasteiger partial charge in [-0.15, -0.1) is 0 Å². The molecule has 4 nitrogen and oxygen atoms in total. The first-order valence-electron chi connectivity index (χ1n) is 21.1. The summed E-state index contributed by atoms with van der Waals surface area (Å²) in [4.78, 5) is 15.7. The number of hydrogen-bond donors (Lipinski definition) is 0. The fraction of sp³-hybridized carbons (Fsp3) is 0.0172. The summed E-state index contributed by atoms with van der Waals surface area (Å²) in [6, 6.07) is 75.5. The van der Waals surface area contributed by atoms with Crippen molar-refractivity contribution in [3.05, 3.63) is 235 Å². The van der Waals surface area contributed by atoms with Crippen LogP contribution in [-0.4, -0.2) is 15.0 Å². The molecule has 0 fully saturated rings. The van der Waals surface area contributed by atoms with E-state index in [1.165, 1.54) is 50.1 Å². The molecule has 2 aliphatic carbocycles. The molecule has 1 spiro atoms. The summed E-state index contributed by atoms with van der Waals surface area (Å²) in [6.07, 6.45) is 0. The summed E-state index contributed by atoms with van der Waals surface area (Å²) in [7, 11) is 0. The number of para-hydroxylation sites is 1. The van der Waals surface area contributed by atoms with Crippen molar-refractivity contribution in [2.45, 2.75) is 5.41 Å². The van der Waals surface area contributed by atoms with Crippen LogP contribution in [0.2, 0.25) is 0 Å². The molecule has 0 aliphatic heterocycles. The normalized spacial score (nSPS) is 13.0. The maximum atomic E-state index is 6.33. The highest BCUT2D eigenvalue weighted by atomic mass is 16.3.